The van der Waals surface area contributed by atoms with Crippen LogP contribution in [0.3, 0.4) is 0 Å². The molecule has 0 aromatic carbocycles. The minimum Gasteiger partial charge on any atom is -0.0625 e. The SMILES string of the molecule is CC1CC(C)C2C3CCC(C3)C2C1. The van der Waals surface area contributed by atoms with Gasteiger partial charge in [-0.2, -0.15) is 0 Å². The van der Waals surface area contributed by atoms with Crippen molar-refractivity contribution in [2.45, 2.75) is 46.0 Å². The molecule has 0 N–H and O–H groups in total. The van der Waals surface area contributed by atoms with Gasteiger partial charge < -0.3 is 0 Å². The zero-order valence-electron chi connectivity index (χ0n) is 9.00. The van der Waals surface area contributed by atoms with Gasteiger partial charge in [0.25, 0.3) is 0 Å². The van der Waals surface area contributed by atoms with Crippen molar-refractivity contribution >= 4 is 0 Å². The lowest BCUT2D eigenvalue weighted by molar-refractivity contribution is 0.0733. The fraction of sp³-hybridized carbons (Fsp3) is 1.00. The second-order valence-corrected chi connectivity index (χ2v) is 6.13. The zero-order chi connectivity index (χ0) is 9.00. The summed E-state index contributed by atoms with van der Waals surface area (Å²) in [6.45, 7) is 4.99. The highest BCUT2D eigenvalue weighted by atomic mass is 14.6. The predicted octanol–water partition coefficient (Wildman–Crippen LogP) is 3.71. The monoisotopic (exact) mass is 178 g/mol. The first kappa shape index (κ1) is 8.32. The molecule has 0 saturated heterocycles. The lowest BCUT2D eigenvalue weighted by atomic mass is 9.63. The first-order valence-corrected chi connectivity index (χ1v) is 6.25. The summed E-state index contributed by atoms with van der Waals surface area (Å²) in [6.07, 6.45) is 7.84. The number of hydrogen-bond donors (Lipinski definition) is 0. The normalized spacial score (nSPS) is 59.5. The molecule has 0 radical (unpaired) electrons. The molecule has 0 amide bonds. The number of rotatable bonds is 0. The Morgan fingerprint density at radius 2 is 1.62 bits per heavy atom. The Morgan fingerprint density at radius 1 is 0.846 bits per heavy atom. The third-order valence-corrected chi connectivity index (χ3v) is 5.26. The van der Waals surface area contributed by atoms with Crippen molar-refractivity contribution in [1.82, 2.24) is 0 Å². The highest BCUT2D eigenvalue weighted by Crippen LogP contribution is 2.59. The molecule has 0 aromatic heterocycles. The van der Waals surface area contributed by atoms with E-state index in [2.05, 4.69) is 13.8 Å². The summed E-state index contributed by atoms with van der Waals surface area (Å²) in [5.41, 5.74) is 0. The predicted molar refractivity (Wildman–Crippen MR) is 55.4 cm³/mol. The van der Waals surface area contributed by atoms with E-state index in [0.717, 1.165) is 35.5 Å². The van der Waals surface area contributed by atoms with Gasteiger partial charge in [-0.3, -0.25) is 0 Å². The molecule has 74 valence electrons. The Hall–Kier alpha value is 0. The molecule has 0 nitrogen and oxygen atoms in total. The summed E-state index contributed by atoms with van der Waals surface area (Å²) in [5, 5.41) is 0. The molecular formula is C13H22. The molecule has 3 fully saturated rings. The first-order valence-electron chi connectivity index (χ1n) is 6.25. The van der Waals surface area contributed by atoms with Crippen molar-refractivity contribution in [3.8, 4) is 0 Å². The third kappa shape index (κ3) is 1.10. The minimum absolute atomic E-state index is 1.02. The summed E-state index contributed by atoms with van der Waals surface area (Å²) in [5.74, 6) is 6.67. The molecule has 2 bridgehead atoms. The van der Waals surface area contributed by atoms with Crippen LogP contribution < -0.4 is 0 Å². The second kappa shape index (κ2) is 2.74. The molecule has 13 heavy (non-hydrogen) atoms. The van der Waals surface area contributed by atoms with Gasteiger partial charge in [-0.1, -0.05) is 13.8 Å². The van der Waals surface area contributed by atoms with Crippen LogP contribution in [-0.2, 0) is 0 Å². The Morgan fingerprint density at radius 3 is 2.46 bits per heavy atom. The minimum atomic E-state index is 1.02. The molecule has 3 aliphatic rings. The molecule has 3 rings (SSSR count). The Kier molecular flexibility index (Phi) is 1.76. The van der Waals surface area contributed by atoms with Crippen LogP contribution in [0.15, 0.2) is 0 Å². The summed E-state index contributed by atoms with van der Waals surface area (Å²) in [4.78, 5) is 0. The maximum Gasteiger partial charge on any atom is -0.0329 e. The zero-order valence-corrected chi connectivity index (χ0v) is 9.00. The topological polar surface area (TPSA) is 0 Å². The molecule has 3 aliphatic carbocycles. The molecule has 0 spiro atoms. The maximum atomic E-state index is 2.52. The lowest BCUT2D eigenvalue weighted by Crippen LogP contribution is -2.34. The molecule has 6 atom stereocenters. The van der Waals surface area contributed by atoms with Crippen LogP contribution in [0, 0.1) is 35.5 Å². The number of fused-ring (bicyclic) bond motifs is 5. The third-order valence-electron chi connectivity index (χ3n) is 5.26. The van der Waals surface area contributed by atoms with Crippen LogP contribution in [0.2, 0.25) is 0 Å². The van der Waals surface area contributed by atoms with Gasteiger partial charge in [0.15, 0.2) is 0 Å². The van der Waals surface area contributed by atoms with E-state index in [0.29, 0.717) is 0 Å². The Balaban J connectivity index is 1.85. The van der Waals surface area contributed by atoms with Crippen molar-refractivity contribution in [1.29, 1.82) is 0 Å². The molecule has 6 unspecified atom stereocenters. The molecule has 0 heterocycles. The maximum absolute atomic E-state index is 2.52. The Bertz CT molecular complexity index is 208. The Labute approximate surface area is 82.1 Å². The van der Waals surface area contributed by atoms with Gasteiger partial charge in [-0.15, -0.1) is 0 Å². The lowest BCUT2D eigenvalue weighted by Gasteiger charge is -2.42. The van der Waals surface area contributed by atoms with E-state index < -0.39 is 0 Å². The van der Waals surface area contributed by atoms with Crippen molar-refractivity contribution in [3.63, 3.8) is 0 Å². The van der Waals surface area contributed by atoms with Crippen molar-refractivity contribution < 1.29 is 0 Å². The van der Waals surface area contributed by atoms with E-state index in [1.54, 1.807) is 25.7 Å². The van der Waals surface area contributed by atoms with E-state index in [1.807, 2.05) is 0 Å². The largest absolute Gasteiger partial charge is 0.0625 e. The smallest absolute Gasteiger partial charge is 0.0329 e. The van der Waals surface area contributed by atoms with Crippen LogP contribution in [0.25, 0.3) is 0 Å². The average Bonchev–Trinajstić information content (AvgIpc) is 2.62. The molecule has 3 saturated carbocycles. The standard InChI is InChI=1S/C13H22/c1-8-5-9(2)13-11-4-3-10(7-11)12(13)6-8/h8-13H,3-7H2,1-2H3. The molecule has 0 aromatic rings. The van der Waals surface area contributed by atoms with E-state index in [4.69, 9.17) is 0 Å². The van der Waals surface area contributed by atoms with E-state index >= 15 is 0 Å². The van der Waals surface area contributed by atoms with Crippen molar-refractivity contribution in [3.05, 3.63) is 0 Å². The molecular weight excluding hydrogens is 156 g/mol. The summed E-state index contributed by atoms with van der Waals surface area (Å²) < 4.78 is 0. The van der Waals surface area contributed by atoms with Crippen LogP contribution >= 0.6 is 0 Å². The van der Waals surface area contributed by atoms with Gasteiger partial charge in [0.1, 0.15) is 0 Å². The molecule has 0 heteroatoms. The van der Waals surface area contributed by atoms with Crippen LogP contribution in [-0.4, -0.2) is 0 Å². The van der Waals surface area contributed by atoms with E-state index in [-0.39, 0.29) is 0 Å². The summed E-state index contributed by atoms with van der Waals surface area (Å²) in [7, 11) is 0. The van der Waals surface area contributed by atoms with E-state index in [1.165, 1.54) is 6.42 Å². The first-order chi connectivity index (χ1) is 6.25. The van der Waals surface area contributed by atoms with Gasteiger partial charge in [-0.25, -0.2) is 0 Å². The van der Waals surface area contributed by atoms with Crippen molar-refractivity contribution in [2.75, 3.05) is 0 Å². The summed E-state index contributed by atoms with van der Waals surface area (Å²) >= 11 is 0. The fourth-order valence-electron chi connectivity index (χ4n) is 5.04. The van der Waals surface area contributed by atoms with Gasteiger partial charge in [0.2, 0.25) is 0 Å². The quantitative estimate of drug-likeness (QED) is 0.530. The average molecular weight is 178 g/mol. The van der Waals surface area contributed by atoms with Crippen LogP contribution in [0.5, 0.6) is 0 Å². The van der Waals surface area contributed by atoms with Crippen LogP contribution in [0.1, 0.15) is 46.0 Å². The fourth-order valence-corrected chi connectivity index (χ4v) is 5.04. The van der Waals surface area contributed by atoms with Gasteiger partial charge in [0, 0.05) is 0 Å². The second-order valence-electron chi connectivity index (χ2n) is 6.13. The highest BCUT2D eigenvalue weighted by Gasteiger charge is 2.51. The van der Waals surface area contributed by atoms with Crippen molar-refractivity contribution in [2.24, 2.45) is 35.5 Å². The highest BCUT2D eigenvalue weighted by molar-refractivity contribution is 5.00. The van der Waals surface area contributed by atoms with Gasteiger partial charge >= 0.3 is 0 Å². The number of hydrogen-bond acceptors (Lipinski definition) is 0. The van der Waals surface area contributed by atoms with E-state index in [9.17, 15) is 0 Å². The van der Waals surface area contributed by atoms with Gasteiger partial charge in [-0.05, 0) is 67.6 Å². The summed E-state index contributed by atoms with van der Waals surface area (Å²) in [6, 6.07) is 0. The van der Waals surface area contributed by atoms with Crippen LogP contribution in [0.4, 0.5) is 0 Å². The van der Waals surface area contributed by atoms with Gasteiger partial charge in [0.05, 0.1) is 0 Å². The molecule has 0 aliphatic heterocycles.